The van der Waals surface area contributed by atoms with Crippen LogP contribution >= 0.6 is 0 Å². The Labute approximate surface area is 179 Å². The molecule has 0 unspecified atom stereocenters. The molecule has 0 aromatic heterocycles. The van der Waals surface area contributed by atoms with Crippen LogP contribution in [-0.2, 0) is 39.1 Å². The van der Waals surface area contributed by atoms with Crippen LogP contribution in [0.15, 0.2) is 24.3 Å². The van der Waals surface area contributed by atoms with Gasteiger partial charge in [-0.2, -0.15) is 0 Å². The molecule has 0 atom stereocenters. The van der Waals surface area contributed by atoms with E-state index in [1.165, 1.54) is 49.9 Å². The maximum atomic E-state index is 2.53. The number of hydrogen-bond acceptors (Lipinski definition) is 1. The summed E-state index contributed by atoms with van der Waals surface area (Å²) in [5.41, 5.74) is 2.90. The maximum Gasteiger partial charge on any atom is 0.00385 e. The number of nitrogens with zero attached hydrogens (tertiary/aromatic N) is 1. The van der Waals surface area contributed by atoms with Crippen molar-refractivity contribution in [1.82, 2.24) is 4.90 Å². The predicted molar refractivity (Wildman–Crippen MR) is 111 cm³/mol. The number of rotatable bonds is 4. The van der Waals surface area contributed by atoms with Crippen LogP contribution in [0.1, 0.15) is 93.2 Å². The van der Waals surface area contributed by atoms with E-state index >= 15 is 0 Å². The van der Waals surface area contributed by atoms with Gasteiger partial charge in [-0.15, -0.1) is 0 Å². The van der Waals surface area contributed by atoms with E-state index in [1.807, 2.05) is 0 Å². The van der Waals surface area contributed by atoms with E-state index in [-0.39, 0.29) is 55.0 Å². The molecule has 2 rings (SSSR count). The van der Waals surface area contributed by atoms with Crippen LogP contribution in [0, 0.1) is 0 Å². The van der Waals surface area contributed by atoms with Crippen molar-refractivity contribution in [3.63, 3.8) is 0 Å². The van der Waals surface area contributed by atoms with Crippen LogP contribution < -0.4 is 0 Å². The van der Waals surface area contributed by atoms with Crippen molar-refractivity contribution in [3.05, 3.63) is 35.4 Å². The van der Waals surface area contributed by atoms with E-state index in [9.17, 15) is 0 Å². The van der Waals surface area contributed by atoms with E-state index in [0.29, 0.717) is 5.92 Å². The van der Waals surface area contributed by atoms with Crippen molar-refractivity contribution in [2.45, 2.75) is 94.5 Å². The van der Waals surface area contributed by atoms with Crippen LogP contribution in [0.2, 0.25) is 0 Å². The smallest absolute Gasteiger partial charge is 0.00385 e. The Kier molecular flexibility index (Phi) is 24.1. The molecular formula is C22H45NY. The van der Waals surface area contributed by atoms with E-state index in [1.54, 1.807) is 0 Å². The molecular weight excluding hydrogens is 367 g/mol. The Hall–Kier alpha value is 0.284. The minimum absolute atomic E-state index is 0. The number of aryl methyl sites for hydroxylation is 1. The fraction of sp³-hybridized carbons (Fsp3) is 0.727. The van der Waals surface area contributed by atoms with E-state index in [2.05, 4.69) is 63.8 Å². The normalized spacial score (nSPS) is 13.0. The van der Waals surface area contributed by atoms with Gasteiger partial charge in [-0.3, -0.25) is 0 Å². The standard InChI is InChI=1S/C12H18.C7H15N.3CH4.Y/c1-4-5-11-6-8-12(9-7-11)10(2)3;1-7(2)8-5-3-4-6-8;;;;/h6-10H,4-5H2,1-3H3;7H,3-6H2,1-2H3;3*1H4;. The molecule has 0 bridgehead atoms. The Morgan fingerprint density at radius 3 is 1.62 bits per heavy atom. The van der Waals surface area contributed by atoms with Gasteiger partial charge in [0.2, 0.25) is 0 Å². The predicted octanol–water partition coefficient (Wildman–Crippen LogP) is 7.16. The Morgan fingerprint density at radius 1 is 0.875 bits per heavy atom. The van der Waals surface area contributed by atoms with Gasteiger partial charge in [0.15, 0.2) is 0 Å². The van der Waals surface area contributed by atoms with Gasteiger partial charge in [-0.05, 0) is 63.2 Å². The van der Waals surface area contributed by atoms with Crippen molar-refractivity contribution in [2.75, 3.05) is 13.1 Å². The summed E-state index contributed by atoms with van der Waals surface area (Å²) in [6, 6.07) is 9.76. The second-order valence-electron chi connectivity index (χ2n) is 6.48. The van der Waals surface area contributed by atoms with Gasteiger partial charge >= 0.3 is 0 Å². The summed E-state index contributed by atoms with van der Waals surface area (Å²) in [6.45, 7) is 13.9. The van der Waals surface area contributed by atoms with Gasteiger partial charge in [-0.1, -0.05) is 73.7 Å². The maximum absolute atomic E-state index is 2.53. The third-order valence-corrected chi connectivity index (χ3v) is 4.06. The average molecular weight is 413 g/mol. The topological polar surface area (TPSA) is 3.24 Å². The SMILES string of the molecule is C.C.C.CC(C)N1CCCC1.CCCc1ccc(C(C)C)cc1.[Y]. The molecule has 0 aliphatic carbocycles. The molecule has 1 fully saturated rings. The average Bonchev–Trinajstić information content (AvgIpc) is 2.94. The minimum atomic E-state index is 0. The molecule has 1 nitrogen and oxygen atoms in total. The van der Waals surface area contributed by atoms with Crippen LogP contribution in [0.5, 0.6) is 0 Å². The molecule has 1 saturated heterocycles. The second-order valence-corrected chi connectivity index (χ2v) is 6.48. The van der Waals surface area contributed by atoms with Gasteiger partial charge < -0.3 is 4.90 Å². The molecule has 0 spiro atoms. The summed E-state index contributed by atoms with van der Waals surface area (Å²) < 4.78 is 0. The molecule has 0 amide bonds. The van der Waals surface area contributed by atoms with E-state index < -0.39 is 0 Å². The molecule has 1 radical (unpaired) electrons. The fourth-order valence-corrected chi connectivity index (χ4v) is 2.62. The van der Waals surface area contributed by atoms with E-state index in [0.717, 1.165) is 6.04 Å². The first-order chi connectivity index (χ1) is 9.54. The second kappa shape index (κ2) is 18.1. The zero-order valence-electron chi connectivity index (χ0n) is 14.7. The monoisotopic (exact) mass is 412 g/mol. The fourth-order valence-electron chi connectivity index (χ4n) is 2.62. The summed E-state index contributed by atoms with van der Waals surface area (Å²) in [4.78, 5) is 2.53. The minimum Gasteiger partial charge on any atom is -0.301 e. The summed E-state index contributed by atoms with van der Waals surface area (Å²) in [6.07, 6.45) is 5.27. The molecule has 2 heteroatoms. The third kappa shape index (κ3) is 12.6. The van der Waals surface area contributed by atoms with Gasteiger partial charge in [0, 0.05) is 38.8 Å². The molecule has 0 N–H and O–H groups in total. The molecule has 1 aromatic carbocycles. The van der Waals surface area contributed by atoms with Gasteiger partial charge in [0.05, 0.1) is 0 Å². The first-order valence-corrected chi connectivity index (χ1v) is 8.37. The zero-order chi connectivity index (χ0) is 15.0. The van der Waals surface area contributed by atoms with Gasteiger partial charge in [-0.25, -0.2) is 0 Å². The van der Waals surface area contributed by atoms with Crippen LogP contribution in [0.4, 0.5) is 0 Å². The van der Waals surface area contributed by atoms with Crippen LogP contribution in [0.25, 0.3) is 0 Å². The summed E-state index contributed by atoms with van der Waals surface area (Å²) >= 11 is 0. The summed E-state index contributed by atoms with van der Waals surface area (Å²) in [5, 5.41) is 0. The molecule has 1 aliphatic heterocycles. The molecule has 1 aliphatic rings. The quantitative estimate of drug-likeness (QED) is 0.507. The first-order valence-electron chi connectivity index (χ1n) is 8.37. The molecule has 141 valence electrons. The van der Waals surface area contributed by atoms with Crippen LogP contribution in [-0.4, -0.2) is 24.0 Å². The van der Waals surface area contributed by atoms with Gasteiger partial charge in [0.25, 0.3) is 0 Å². The number of benzene rings is 1. The van der Waals surface area contributed by atoms with Crippen molar-refractivity contribution in [3.8, 4) is 0 Å². The zero-order valence-corrected chi connectivity index (χ0v) is 17.6. The summed E-state index contributed by atoms with van der Waals surface area (Å²) in [5.74, 6) is 0.653. The van der Waals surface area contributed by atoms with Crippen molar-refractivity contribution < 1.29 is 32.7 Å². The van der Waals surface area contributed by atoms with Crippen molar-refractivity contribution >= 4 is 0 Å². The van der Waals surface area contributed by atoms with E-state index in [4.69, 9.17) is 0 Å². The molecule has 24 heavy (non-hydrogen) atoms. The largest absolute Gasteiger partial charge is 0.301 e. The molecule has 0 saturated carbocycles. The first kappa shape index (κ1) is 32.0. The molecule has 1 heterocycles. The molecule has 1 aromatic rings. The number of likely N-dealkylation sites (tertiary alicyclic amines) is 1. The van der Waals surface area contributed by atoms with Crippen molar-refractivity contribution in [1.29, 1.82) is 0 Å². The Bertz CT molecular complexity index is 351. The Balaban J connectivity index is -0.000000150. The van der Waals surface area contributed by atoms with Crippen molar-refractivity contribution in [2.24, 2.45) is 0 Å². The van der Waals surface area contributed by atoms with Crippen LogP contribution in [0.3, 0.4) is 0 Å². The summed E-state index contributed by atoms with van der Waals surface area (Å²) in [7, 11) is 0. The van der Waals surface area contributed by atoms with Gasteiger partial charge in [0.1, 0.15) is 0 Å². The third-order valence-electron chi connectivity index (χ3n) is 4.06. The number of hydrogen-bond donors (Lipinski definition) is 0. The Morgan fingerprint density at radius 2 is 1.33 bits per heavy atom.